The number of aryl methyl sites for hydroxylation is 1. The zero-order valence-electron chi connectivity index (χ0n) is 26.2. The van der Waals surface area contributed by atoms with E-state index in [-0.39, 0.29) is 49.6 Å². The van der Waals surface area contributed by atoms with Gasteiger partial charge in [0.05, 0.1) is 0 Å². The van der Waals surface area contributed by atoms with Crippen LogP contribution < -0.4 is 10.6 Å². The number of nitrogens with one attached hydrogen (secondary N) is 2. The third-order valence-electron chi connectivity index (χ3n) is 7.15. The quantitative estimate of drug-likeness (QED) is 0.126. The first-order valence-corrected chi connectivity index (χ1v) is 14.9. The number of halogens is 4. The van der Waals surface area contributed by atoms with E-state index in [1.165, 1.54) is 87.3 Å². The molecular weight excluding hydrogens is 594 g/mol. The van der Waals surface area contributed by atoms with Gasteiger partial charge >= 0.3 is 0 Å². The molecule has 0 radical (unpaired) electrons. The molecule has 0 heterocycles. The molecule has 0 atom stereocenters. The van der Waals surface area contributed by atoms with Crippen LogP contribution in [0.3, 0.4) is 0 Å². The van der Waals surface area contributed by atoms with Crippen molar-refractivity contribution in [3.05, 3.63) is 70.8 Å². The van der Waals surface area contributed by atoms with Crippen LogP contribution in [0.2, 0.25) is 0 Å². The zero-order chi connectivity index (χ0) is 26.6. The van der Waals surface area contributed by atoms with Crippen LogP contribution >= 0.6 is 49.6 Å². The molecule has 0 aliphatic rings. The average molecular weight is 655 g/mol. The van der Waals surface area contributed by atoms with Crippen molar-refractivity contribution in [2.24, 2.45) is 0 Å². The van der Waals surface area contributed by atoms with Crippen molar-refractivity contribution in [2.75, 3.05) is 54.4 Å². The summed E-state index contributed by atoms with van der Waals surface area (Å²) in [5, 5.41) is 7.41. The second-order valence-electron chi connectivity index (χ2n) is 11.2. The van der Waals surface area contributed by atoms with Crippen LogP contribution in [0.25, 0.3) is 0 Å². The van der Waals surface area contributed by atoms with E-state index in [0.29, 0.717) is 0 Å². The van der Waals surface area contributed by atoms with Crippen LogP contribution in [0.1, 0.15) is 80.0 Å². The molecule has 4 nitrogen and oxygen atoms in total. The first kappa shape index (κ1) is 44.9. The Labute approximate surface area is 277 Å². The van der Waals surface area contributed by atoms with Crippen molar-refractivity contribution in [3.63, 3.8) is 0 Å². The van der Waals surface area contributed by atoms with Crippen molar-refractivity contribution in [3.8, 4) is 0 Å². The fourth-order valence-electron chi connectivity index (χ4n) is 4.99. The monoisotopic (exact) mass is 652 g/mol. The molecule has 2 aromatic rings. The van der Waals surface area contributed by atoms with Gasteiger partial charge < -0.3 is 20.4 Å². The molecule has 2 N–H and O–H groups in total. The van der Waals surface area contributed by atoms with E-state index in [2.05, 4.69) is 97.2 Å². The van der Waals surface area contributed by atoms with Gasteiger partial charge in [0.1, 0.15) is 0 Å². The smallest absolute Gasteiger partial charge is 0.0208 e. The highest BCUT2D eigenvalue weighted by Gasteiger charge is 2.09. The molecule has 2 aromatic carbocycles. The van der Waals surface area contributed by atoms with E-state index >= 15 is 0 Å². The lowest BCUT2D eigenvalue weighted by Crippen LogP contribution is -2.23. The normalized spacial score (nSPS) is 10.5. The molecule has 0 amide bonds. The average Bonchev–Trinajstić information content (AvgIpc) is 2.88. The highest BCUT2D eigenvalue weighted by molar-refractivity contribution is 5.86. The summed E-state index contributed by atoms with van der Waals surface area (Å²) in [4.78, 5) is 4.53. The van der Waals surface area contributed by atoms with Crippen molar-refractivity contribution in [2.45, 2.75) is 83.7 Å². The third-order valence-corrected chi connectivity index (χ3v) is 7.15. The molecule has 0 spiro atoms. The molecule has 41 heavy (non-hydrogen) atoms. The summed E-state index contributed by atoms with van der Waals surface area (Å²) in [5.41, 5.74) is 6.07. The molecule has 0 saturated heterocycles. The lowest BCUT2D eigenvalue weighted by molar-refractivity contribution is 0.394. The maximum atomic E-state index is 3.70. The minimum Gasteiger partial charge on any atom is -0.313 e. The van der Waals surface area contributed by atoms with Crippen LogP contribution in [0.5, 0.6) is 0 Å². The Kier molecular flexibility index (Phi) is 32.3. The predicted octanol–water partition coefficient (Wildman–Crippen LogP) is 7.97. The minimum atomic E-state index is 0. The number of hydrogen-bond donors (Lipinski definition) is 2. The second-order valence-corrected chi connectivity index (χ2v) is 11.2. The maximum Gasteiger partial charge on any atom is 0.0208 e. The summed E-state index contributed by atoms with van der Waals surface area (Å²) in [6.45, 7) is 6.41. The second kappa shape index (κ2) is 29.5. The molecule has 0 aliphatic carbocycles. The molecule has 0 unspecified atom stereocenters. The number of rotatable bonds is 22. The van der Waals surface area contributed by atoms with Gasteiger partial charge in [0.2, 0.25) is 0 Å². The number of hydrogen-bond acceptors (Lipinski definition) is 4. The van der Waals surface area contributed by atoms with Crippen molar-refractivity contribution < 1.29 is 0 Å². The molecule has 0 saturated carbocycles. The molecule has 8 heteroatoms. The van der Waals surface area contributed by atoms with E-state index < -0.39 is 0 Å². The van der Waals surface area contributed by atoms with E-state index in [1.807, 2.05) is 0 Å². The number of benzene rings is 2. The summed E-state index contributed by atoms with van der Waals surface area (Å²) in [7, 11) is 8.60. The Bertz CT molecular complexity index is 786. The van der Waals surface area contributed by atoms with Gasteiger partial charge in [-0.25, -0.2) is 0 Å². The Morgan fingerprint density at radius 1 is 0.488 bits per heavy atom. The van der Waals surface area contributed by atoms with Crippen molar-refractivity contribution in [1.82, 2.24) is 20.4 Å². The van der Waals surface area contributed by atoms with Crippen LogP contribution in [0, 0.1) is 0 Å². The Balaban J connectivity index is -0.00000361. The summed E-state index contributed by atoms with van der Waals surface area (Å²) in [5.74, 6) is 0. The van der Waals surface area contributed by atoms with E-state index in [4.69, 9.17) is 0 Å². The fourth-order valence-corrected chi connectivity index (χ4v) is 4.99. The lowest BCUT2D eigenvalue weighted by Gasteiger charge is -2.17. The standard InChI is InChI=1S/C33H56N4.4ClH/c1-36(2)26-16-24-34-28-31-21-15-22-32(29-35-25-17-27-37(3)4)33(31)23-14-9-7-5-6-8-11-18-30-19-12-10-13-20-30;;;;/h10,12-13,15,19-22,34-35H,5-9,11,14,16-18,23-29H2,1-4H3;4*1H. The summed E-state index contributed by atoms with van der Waals surface area (Å²) < 4.78 is 0. The SMILES string of the molecule is CN(C)CCCNCc1cccc(CNCCCN(C)C)c1CCCCCCCCCc1ccccc1.Cl.Cl.Cl.Cl. The van der Waals surface area contributed by atoms with E-state index in [0.717, 1.165) is 39.3 Å². The van der Waals surface area contributed by atoms with Gasteiger partial charge in [-0.15, -0.1) is 49.6 Å². The molecule has 0 bridgehead atoms. The molecule has 0 aromatic heterocycles. The van der Waals surface area contributed by atoms with Crippen LogP contribution in [0.15, 0.2) is 48.5 Å². The van der Waals surface area contributed by atoms with Gasteiger partial charge in [0.15, 0.2) is 0 Å². The highest BCUT2D eigenvalue weighted by Crippen LogP contribution is 2.20. The van der Waals surface area contributed by atoms with Gasteiger partial charge in [-0.2, -0.15) is 0 Å². The van der Waals surface area contributed by atoms with Crippen molar-refractivity contribution >= 4 is 49.6 Å². The minimum absolute atomic E-state index is 0. The predicted molar refractivity (Wildman–Crippen MR) is 191 cm³/mol. The Morgan fingerprint density at radius 3 is 1.39 bits per heavy atom. The third kappa shape index (κ3) is 22.6. The Morgan fingerprint density at radius 2 is 0.927 bits per heavy atom. The number of nitrogens with zero attached hydrogens (tertiary/aromatic N) is 2. The van der Waals surface area contributed by atoms with Crippen LogP contribution in [0.4, 0.5) is 0 Å². The van der Waals surface area contributed by atoms with Gasteiger partial charge in [-0.05, 0) is 115 Å². The topological polar surface area (TPSA) is 30.5 Å². The van der Waals surface area contributed by atoms with Crippen LogP contribution in [-0.2, 0) is 25.9 Å². The van der Waals surface area contributed by atoms with E-state index in [1.54, 1.807) is 5.56 Å². The molecule has 240 valence electrons. The largest absolute Gasteiger partial charge is 0.313 e. The molecular formula is C33H60Cl4N4. The van der Waals surface area contributed by atoms with Crippen LogP contribution in [-0.4, -0.2) is 64.2 Å². The van der Waals surface area contributed by atoms with Gasteiger partial charge in [-0.3, -0.25) is 0 Å². The molecule has 2 rings (SSSR count). The first-order valence-electron chi connectivity index (χ1n) is 14.9. The summed E-state index contributed by atoms with van der Waals surface area (Å²) in [6.07, 6.45) is 14.3. The maximum absolute atomic E-state index is 3.70. The lowest BCUT2D eigenvalue weighted by atomic mass is 9.95. The molecule has 0 aliphatic heterocycles. The van der Waals surface area contributed by atoms with Gasteiger partial charge in [-0.1, -0.05) is 80.6 Å². The summed E-state index contributed by atoms with van der Waals surface area (Å²) >= 11 is 0. The van der Waals surface area contributed by atoms with Crippen molar-refractivity contribution in [1.29, 1.82) is 0 Å². The Hall–Kier alpha value is -0.560. The van der Waals surface area contributed by atoms with E-state index in [9.17, 15) is 0 Å². The van der Waals surface area contributed by atoms with Gasteiger partial charge in [0, 0.05) is 13.1 Å². The highest BCUT2D eigenvalue weighted by atomic mass is 35.5. The fraction of sp³-hybridized carbons (Fsp3) is 0.636. The summed E-state index contributed by atoms with van der Waals surface area (Å²) in [6, 6.07) is 17.9. The van der Waals surface area contributed by atoms with Gasteiger partial charge in [0.25, 0.3) is 0 Å². The molecule has 0 fully saturated rings. The first-order chi connectivity index (χ1) is 18.1. The zero-order valence-corrected chi connectivity index (χ0v) is 29.4. The number of unbranched alkanes of at least 4 members (excludes halogenated alkanes) is 6.